The minimum absolute atomic E-state index is 0.430. The highest BCUT2D eigenvalue weighted by atomic mass is 16.5. The average Bonchev–Trinajstić information content (AvgIpc) is 2.69. The molecule has 1 rings (SSSR count). The van der Waals surface area contributed by atoms with Crippen molar-refractivity contribution in [2.75, 3.05) is 6.61 Å². The Hall–Kier alpha value is -0.480. The summed E-state index contributed by atoms with van der Waals surface area (Å²) in [7, 11) is 0. The molecule has 0 aromatic heterocycles. The third kappa shape index (κ3) is 4.71. The maximum atomic E-state index is 5.82. The molecule has 1 aliphatic rings. The molecule has 0 bridgehead atoms. The molecule has 1 fully saturated rings. The largest absolute Gasteiger partial charge is 0.377 e. The van der Waals surface area contributed by atoms with Gasteiger partial charge in [0.05, 0.1) is 6.10 Å². The summed E-state index contributed by atoms with van der Waals surface area (Å²) in [5.41, 5.74) is 0. The second-order valence-electron chi connectivity index (χ2n) is 4.37. The zero-order valence-corrected chi connectivity index (χ0v) is 10.2. The SMILES string of the molecule is CCCCC#C[C@H]1CCC[C@H]1OCCC. The minimum atomic E-state index is 0.430. The lowest BCUT2D eigenvalue weighted by molar-refractivity contribution is 0.0422. The zero-order chi connectivity index (χ0) is 10.9. The first-order chi connectivity index (χ1) is 7.38. The van der Waals surface area contributed by atoms with E-state index in [1.807, 2.05) is 0 Å². The second-order valence-corrected chi connectivity index (χ2v) is 4.37. The van der Waals surface area contributed by atoms with Crippen LogP contribution in [0.5, 0.6) is 0 Å². The minimum Gasteiger partial charge on any atom is -0.377 e. The van der Waals surface area contributed by atoms with Gasteiger partial charge in [-0.15, -0.1) is 5.92 Å². The van der Waals surface area contributed by atoms with Crippen molar-refractivity contribution in [3.8, 4) is 11.8 Å². The van der Waals surface area contributed by atoms with Gasteiger partial charge in [-0.25, -0.2) is 0 Å². The smallest absolute Gasteiger partial charge is 0.0712 e. The van der Waals surface area contributed by atoms with Gasteiger partial charge in [0, 0.05) is 18.9 Å². The van der Waals surface area contributed by atoms with E-state index in [-0.39, 0.29) is 0 Å². The van der Waals surface area contributed by atoms with Crippen LogP contribution in [0.4, 0.5) is 0 Å². The number of rotatable bonds is 5. The van der Waals surface area contributed by atoms with E-state index in [4.69, 9.17) is 4.74 Å². The molecule has 0 radical (unpaired) electrons. The van der Waals surface area contributed by atoms with Crippen molar-refractivity contribution in [1.82, 2.24) is 0 Å². The van der Waals surface area contributed by atoms with Crippen LogP contribution in [0.1, 0.15) is 58.8 Å². The summed E-state index contributed by atoms with van der Waals surface area (Å²) in [5.74, 6) is 7.23. The van der Waals surface area contributed by atoms with Crippen molar-refractivity contribution < 1.29 is 4.74 Å². The molecule has 0 heterocycles. The summed E-state index contributed by atoms with van der Waals surface area (Å²) >= 11 is 0. The van der Waals surface area contributed by atoms with Crippen LogP contribution in [0.25, 0.3) is 0 Å². The normalized spacial score (nSPS) is 24.9. The van der Waals surface area contributed by atoms with Crippen LogP contribution < -0.4 is 0 Å². The average molecular weight is 208 g/mol. The van der Waals surface area contributed by atoms with Crippen molar-refractivity contribution in [2.45, 2.75) is 64.9 Å². The van der Waals surface area contributed by atoms with Crippen molar-refractivity contribution in [3.63, 3.8) is 0 Å². The lowest BCUT2D eigenvalue weighted by atomic mass is 10.1. The van der Waals surface area contributed by atoms with E-state index in [1.54, 1.807) is 0 Å². The highest BCUT2D eigenvalue weighted by molar-refractivity contribution is 5.07. The van der Waals surface area contributed by atoms with Gasteiger partial charge < -0.3 is 4.74 Å². The van der Waals surface area contributed by atoms with Gasteiger partial charge in [-0.2, -0.15) is 0 Å². The highest BCUT2D eigenvalue weighted by Crippen LogP contribution is 2.27. The summed E-state index contributed by atoms with van der Waals surface area (Å²) < 4.78 is 5.82. The van der Waals surface area contributed by atoms with E-state index < -0.39 is 0 Å². The molecular weight excluding hydrogens is 184 g/mol. The topological polar surface area (TPSA) is 9.23 Å². The molecular formula is C14H24O. The summed E-state index contributed by atoms with van der Waals surface area (Å²) in [6.45, 7) is 5.28. The summed E-state index contributed by atoms with van der Waals surface area (Å²) in [6, 6.07) is 0. The molecule has 0 spiro atoms. The zero-order valence-electron chi connectivity index (χ0n) is 10.2. The lowest BCUT2D eigenvalue weighted by Gasteiger charge is -2.14. The third-order valence-electron chi connectivity index (χ3n) is 2.93. The highest BCUT2D eigenvalue weighted by Gasteiger charge is 2.25. The van der Waals surface area contributed by atoms with E-state index in [9.17, 15) is 0 Å². The Balaban J connectivity index is 2.27. The molecule has 1 saturated carbocycles. The van der Waals surface area contributed by atoms with Gasteiger partial charge >= 0.3 is 0 Å². The molecule has 0 aromatic rings. The quantitative estimate of drug-likeness (QED) is 0.493. The van der Waals surface area contributed by atoms with E-state index >= 15 is 0 Å². The molecule has 0 aromatic carbocycles. The van der Waals surface area contributed by atoms with E-state index in [0.29, 0.717) is 12.0 Å². The lowest BCUT2D eigenvalue weighted by Crippen LogP contribution is -2.17. The maximum absolute atomic E-state index is 5.82. The standard InChI is InChI=1S/C14H24O/c1-3-5-6-7-9-13-10-8-11-14(13)15-12-4-2/h13-14H,3-6,8,10-12H2,1-2H3/t13-,14+/m0/s1. The fourth-order valence-corrected chi connectivity index (χ4v) is 2.03. The van der Waals surface area contributed by atoms with Crippen molar-refractivity contribution >= 4 is 0 Å². The van der Waals surface area contributed by atoms with Gasteiger partial charge in [0.15, 0.2) is 0 Å². The number of unbranched alkanes of at least 4 members (excludes halogenated alkanes) is 2. The van der Waals surface area contributed by atoms with Gasteiger partial charge in [0.1, 0.15) is 0 Å². The third-order valence-corrected chi connectivity index (χ3v) is 2.93. The summed E-state index contributed by atoms with van der Waals surface area (Å²) in [4.78, 5) is 0. The Labute approximate surface area is 94.6 Å². The molecule has 2 atom stereocenters. The summed E-state index contributed by atoms with van der Waals surface area (Å²) in [6.07, 6.45) is 8.84. The molecule has 0 N–H and O–H groups in total. The van der Waals surface area contributed by atoms with Crippen LogP contribution in [0.2, 0.25) is 0 Å². The predicted molar refractivity (Wildman–Crippen MR) is 64.7 cm³/mol. The number of ether oxygens (including phenoxy) is 1. The van der Waals surface area contributed by atoms with Crippen molar-refractivity contribution in [3.05, 3.63) is 0 Å². The van der Waals surface area contributed by atoms with Gasteiger partial charge in [-0.05, 0) is 32.1 Å². The van der Waals surface area contributed by atoms with Crippen LogP contribution in [-0.4, -0.2) is 12.7 Å². The van der Waals surface area contributed by atoms with E-state index in [0.717, 1.165) is 19.4 Å². The fourth-order valence-electron chi connectivity index (χ4n) is 2.03. The first kappa shape index (κ1) is 12.6. The Morgan fingerprint density at radius 3 is 2.80 bits per heavy atom. The van der Waals surface area contributed by atoms with Crippen molar-refractivity contribution in [1.29, 1.82) is 0 Å². The molecule has 1 aliphatic carbocycles. The fraction of sp³-hybridized carbons (Fsp3) is 0.857. The first-order valence-corrected chi connectivity index (χ1v) is 6.48. The molecule has 0 amide bonds. The van der Waals surface area contributed by atoms with Gasteiger partial charge in [-0.1, -0.05) is 26.2 Å². The van der Waals surface area contributed by atoms with Gasteiger partial charge in [0.2, 0.25) is 0 Å². The molecule has 86 valence electrons. The molecule has 15 heavy (non-hydrogen) atoms. The van der Waals surface area contributed by atoms with Crippen LogP contribution in [0.15, 0.2) is 0 Å². The summed E-state index contributed by atoms with van der Waals surface area (Å²) in [5, 5.41) is 0. The Morgan fingerprint density at radius 2 is 2.07 bits per heavy atom. The Bertz CT molecular complexity index is 211. The molecule has 1 heteroatoms. The second kappa shape index (κ2) is 7.77. The first-order valence-electron chi connectivity index (χ1n) is 6.48. The van der Waals surface area contributed by atoms with E-state index in [2.05, 4.69) is 25.7 Å². The van der Waals surface area contributed by atoms with E-state index in [1.165, 1.54) is 32.1 Å². The Kier molecular flexibility index (Phi) is 6.52. The Morgan fingerprint density at radius 1 is 1.20 bits per heavy atom. The van der Waals surface area contributed by atoms with Crippen molar-refractivity contribution in [2.24, 2.45) is 5.92 Å². The monoisotopic (exact) mass is 208 g/mol. The van der Waals surface area contributed by atoms with Crippen LogP contribution in [-0.2, 0) is 4.74 Å². The van der Waals surface area contributed by atoms with Crippen LogP contribution >= 0.6 is 0 Å². The maximum Gasteiger partial charge on any atom is 0.0712 e. The molecule has 1 nitrogen and oxygen atoms in total. The van der Waals surface area contributed by atoms with Gasteiger partial charge in [0.25, 0.3) is 0 Å². The van der Waals surface area contributed by atoms with Crippen LogP contribution in [0, 0.1) is 17.8 Å². The number of hydrogen-bond donors (Lipinski definition) is 0. The molecule has 0 aliphatic heterocycles. The van der Waals surface area contributed by atoms with Crippen LogP contribution in [0.3, 0.4) is 0 Å². The predicted octanol–water partition coefficient (Wildman–Crippen LogP) is 3.78. The number of hydrogen-bond acceptors (Lipinski definition) is 1. The molecule has 0 saturated heterocycles. The molecule has 0 unspecified atom stereocenters. The van der Waals surface area contributed by atoms with Gasteiger partial charge in [-0.3, -0.25) is 0 Å².